The number of carbonyl (C=O) groups is 1. The summed E-state index contributed by atoms with van der Waals surface area (Å²) >= 11 is 0. The molecule has 0 bridgehead atoms. The monoisotopic (exact) mass is 207 g/mol. The number of methoxy groups -OCH3 is 1. The van der Waals surface area contributed by atoms with E-state index in [2.05, 4.69) is 0 Å². The first-order valence-electron chi connectivity index (χ1n) is 4.23. The van der Waals surface area contributed by atoms with Crippen LogP contribution in [-0.2, 0) is 0 Å². The van der Waals surface area contributed by atoms with Crippen LogP contribution in [0.4, 0.5) is 5.69 Å². The number of ether oxygens (including phenoxy) is 1. The van der Waals surface area contributed by atoms with E-state index in [0.717, 1.165) is 0 Å². The zero-order valence-corrected chi connectivity index (χ0v) is 7.98. The molecule has 78 valence electrons. The van der Waals surface area contributed by atoms with Crippen molar-refractivity contribution >= 4 is 22.6 Å². The number of carboxylic acids is 1. The van der Waals surface area contributed by atoms with Crippen molar-refractivity contribution in [3.05, 3.63) is 24.0 Å². The highest BCUT2D eigenvalue weighted by Gasteiger charge is 2.17. The molecular weight excluding hydrogens is 198 g/mol. The van der Waals surface area contributed by atoms with Crippen LogP contribution in [0, 0.1) is 0 Å². The average molecular weight is 207 g/mol. The van der Waals surface area contributed by atoms with Crippen LogP contribution < -0.4 is 10.5 Å². The van der Waals surface area contributed by atoms with E-state index in [-0.39, 0.29) is 11.4 Å². The fraction of sp³-hybridized carbons (Fsp3) is 0.100. The second-order valence-corrected chi connectivity index (χ2v) is 3.01. The van der Waals surface area contributed by atoms with E-state index in [4.69, 9.17) is 20.0 Å². The fourth-order valence-corrected chi connectivity index (χ4v) is 1.38. The Kier molecular flexibility index (Phi) is 2.00. The van der Waals surface area contributed by atoms with E-state index in [1.165, 1.54) is 7.11 Å². The van der Waals surface area contributed by atoms with Crippen molar-refractivity contribution in [3.63, 3.8) is 0 Å². The summed E-state index contributed by atoms with van der Waals surface area (Å²) in [5.41, 5.74) is 6.16. The average Bonchev–Trinajstić information content (AvgIpc) is 2.55. The Morgan fingerprint density at radius 3 is 2.87 bits per heavy atom. The van der Waals surface area contributed by atoms with E-state index in [1.54, 1.807) is 18.2 Å². The summed E-state index contributed by atoms with van der Waals surface area (Å²) in [6, 6.07) is 4.96. The molecule has 0 fully saturated rings. The second kappa shape index (κ2) is 3.20. The molecule has 2 aromatic rings. The predicted octanol–water partition coefficient (Wildman–Crippen LogP) is 1.72. The van der Waals surface area contributed by atoms with Crippen molar-refractivity contribution in [2.45, 2.75) is 0 Å². The summed E-state index contributed by atoms with van der Waals surface area (Å²) in [7, 11) is 1.52. The van der Waals surface area contributed by atoms with Crippen LogP contribution in [0.2, 0.25) is 0 Å². The van der Waals surface area contributed by atoms with E-state index in [1.807, 2.05) is 0 Å². The van der Waals surface area contributed by atoms with Gasteiger partial charge in [-0.2, -0.15) is 0 Å². The van der Waals surface area contributed by atoms with Crippen LogP contribution in [0.25, 0.3) is 11.0 Å². The summed E-state index contributed by atoms with van der Waals surface area (Å²) in [6.07, 6.45) is 0. The first-order chi connectivity index (χ1) is 7.13. The van der Waals surface area contributed by atoms with Gasteiger partial charge in [-0.15, -0.1) is 0 Å². The zero-order chi connectivity index (χ0) is 11.0. The smallest absolute Gasteiger partial charge is 0.374 e. The summed E-state index contributed by atoms with van der Waals surface area (Å²) in [5.74, 6) is -0.825. The van der Waals surface area contributed by atoms with Crippen molar-refractivity contribution < 1.29 is 19.1 Å². The van der Waals surface area contributed by atoms with Gasteiger partial charge in [0.25, 0.3) is 0 Å². The molecule has 0 aliphatic heterocycles. The van der Waals surface area contributed by atoms with E-state index >= 15 is 0 Å². The normalized spacial score (nSPS) is 10.5. The van der Waals surface area contributed by atoms with Gasteiger partial charge in [-0.25, -0.2) is 4.79 Å². The first-order valence-corrected chi connectivity index (χ1v) is 4.23. The van der Waals surface area contributed by atoms with Crippen LogP contribution in [0.3, 0.4) is 0 Å². The number of rotatable bonds is 2. The van der Waals surface area contributed by atoms with Crippen LogP contribution in [0.5, 0.6) is 5.75 Å². The van der Waals surface area contributed by atoms with Crippen LogP contribution in [0.1, 0.15) is 10.6 Å². The summed E-state index contributed by atoms with van der Waals surface area (Å²) < 4.78 is 10.1. The quantitative estimate of drug-likeness (QED) is 0.783. The van der Waals surface area contributed by atoms with Gasteiger partial charge in [0, 0.05) is 11.5 Å². The van der Waals surface area contributed by atoms with Gasteiger partial charge in [-0.05, 0) is 12.1 Å². The molecule has 0 unspecified atom stereocenters. The third kappa shape index (κ3) is 1.38. The lowest BCUT2D eigenvalue weighted by Crippen LogP contribution is -1.98. The minimum absolute atomic E-state index is 0.139. The van der Waals surface area contributed by atoms with Gasteiger partial charge in [0.1, 0.15) is 11.3 Å². The van der Waals surface area contributed by atoms with Gasteiger partial charge in [-0.3, -0.25) is 0 Å². The van der Waals surface area contributed by atoms with Gasteiger partial charge in [0.2, 0.25) is 5.76 Å². The molecule has 0 atom stereocenters. The number of aromatic carboxylic acids is 1. The van der Waals surface area contributed by atoms with Gasteiger partial charge >= 0.3 is 5.97 Å². The van der Waals surface area contributed by atoms with Gasteiger partial charge < -0.3 is 20.0 Å². The Morgan fingerprint density at radius 2 is 2.27 bits per heavy atom. The van der Waals surface area contributed by atoms with Crippen LogP contribution >= 0.6 is 0 Å². The number of fused-ring (bicyclic) bond motifs is 1. The highest BCUT2D eigenvalue weighted by molar-refractivity contribution is 6.02. The fourth-order valence-electron chi connectivity index (χ4n) is 1.38. The molecular formula is C10H9NO4. The molecule has 0 amide bonds. The summed E-state index contributed by atoms with van der Waals surface area (Å²) in [4.78, 5) is 10.7. The van der Waals surface area contributed by atoms with Gasteiger partial charge in [0.15, 0.2) is 0 Å². The molecule has 1 aromatic carbocycles. The molecule has 0 saturated carbocycles. The van der Waals surface area contributed by atoms with Gasteiger partial charge in [0.05, 0.1) is 12.8 Å². The lowest BCUT2D eigenvalue weighted by Gasteiger charge is -1.97. The Labute approximate surface area is 85.0 Å². The number of nitrogens with two attached hydrogens (primary N) is 1. The maximum absolute atomic E-state index is 10.7. The Hall–Kier alpha value is -2.17. The molecule has 0 aliphatic rings. The third-order valence-electron chi connectivity index (χ3n) is 2.13. The molecule has 1 heterocycles. The highest BCUT2D eigenvalue weighted by atomic mass is 16.5. The van der Waals surface area contributed by atoms with Crippen molar-refractivity contribution in [1.29, 1.82) is 0 Å². The maximum Gasteiger partial charge on any atom is 0.374 e. The Balaban J connectivity index is 2.70. The molecule has 0 saturated heterocycles. The molecule has 0 spiro atoms. The van der Waals surface area contributed by atoms with Crippen LogP contribution in [0.15, 0.2) is 22.6 Å². The molecule has 5 heteroatoms. The van der Waals surface area contributed by atoms with Crippen molar-refractivity contribution in [3.8, 4) is 5.75 Å². The molecule has 3 N–H and O–H groups in total. The molecule has 2 rings (SSSR count). The molecule has 0 radical (unpaired) electrons. The van der Waals surface area contributed by atoms with E-state index < -0.39 is 5.97 Å². The summed E-state index contributed by atoms with van der Waals surface area (Å²) in [6.45, 7) is 0. The maximum atomic E-state index is 10.7. The molecule has 1 aromatic heterocycles. The molecule has 0 aliphatic carbocycles. The molecule has 15 heavy (non-hydrogen) atoms. The summed E-state index contributed by atoms with van der Waals surface area (Å²) in [5, 5.41) is 9.37. The number of benzene rings is 1. The Morgan fingerprint density at radius 1 is 1.53 bits per heavy atom. The topological polar surface area (TPSA) is 85.7 Å². The number of hydrogen-bond donors (Lipinski definition) is 2. The van der Waals surface area contributed by atoms with Crippen molar-refractivity contribution in [2.24, 2.45) is 0 Å². The second-order valence-electron chi connectivity index (χ2n) is 3.01. The third-order valence-corrected chi connectivity index (χ3v) is 2.13. The Bertz CT molecular complexity index is 529. The van der Waals surface area contributed by atoms with Crippen molar-refractivity contribution in [1.82, 2.24) is 0 Å². The predicted molar refractivity (Wildman–Crippen MR) is 54.1 cm³/mol. The van der Waals surface area contributed by atoms with Gasteiger partial charge in [-0.1, -0.05) is 0 Å². The van der Waals surface area contributed by atoms with Crippen LogP contribution in [-0.4, -0.2) is 18.2 Å². The molecule has 5 nitrogen and oxygen atoms in total. The first kappa shape index (κ1) is 9.39. The number of nitrogen functional groups attached to an aromatic ring is 1. The lowest BCUT2D eigenvalue weighted by atomic mass is 10.2. The number of carboxylic acid groups (broad SMARTS) is 1. The number of hydrogen-bond acceptors (Lipinski definition) is 4. The number of furan rings is 1. The standard InChI is InChI=1S/C10H9NO4/c1-14-5-2-3-6-7(4-5)15-9(8(6)11)10(12)13/h2-4H,11H2,1H3,(H,12,13). The minimum Gasteiger partial charge on any atom is -0.497 e. The SMILES string of the molecule is COc1ccc2c(N)c(C(=O)O)oc2c1. The van der Waals surface area contributed by atoms with Crippen molar-refractivity contribution in [2.75, 3.05) is 12.8 Å². The minimum atomic E-state index is -1.18. The number of anilines is 1. The largest absolute Gasteiger partial charge is 0.497 e. The van der Waals surface area contributed by atoms with E-state index in [9.17, 15) is 4.79 Å². The lowest BCUT2D eigenvalue weighted by molar-refractivity contribution is 0.0666. The highest BCUT2D eigenvalue weighted by Crippen LogP contribution is 2.30. The zero-order valence-electron chi connectivity index (χ0n) is 7.98. The van der Waals surface area contributed by atoms with E-state index in [0.29, 0.717) is 16.7 Å².